The molecule has 3 atom stereocenters. The fourth-order valence-corrected chi connectivity index (χ4v) is 3.51. The van der Waals surface area contributed by atoms with Crippen LogP contribution in [0.3, 0.4) is 0 Å². The van der Waals surface area contributed by atoms with Crippen molar-refractivity contribution in [2.75, 3.05) is 0 Å². The molecule has 0 heteroatoms. The summed E-state index contributed by atoms with van der Waals surface area (Å²) in [6, 6.07) is 0. The van der Waals surface area contributed by atoms with Gasteiger partial charge in [-0.15, -0.1) is 0 Å². The maximum Gasteiger partial charge on any atom is -0.0295 e. The molecule has 0 amide bonds. The van der Waals surface area contributed by atoms with Gasteiger partial charge in [-0.25, -0.2) is 0 Å². The molecule has 2 aliphatic carbocycles. The smallest absolute Gasteiger partial charge is 0.0295 e. The number of hydrogen-bond acceptors (Lipinski definition) is 0. The van der Waals surface area contributed by atoms with E-state index in [2.05, 4.69) is 13.8 Å². The first-order valence-electron chi connectivity index (χ1n) is 5.21. The Morgan fingerprint density at radius 2 is 2.09 bits per heavy atom. The molecule has 0 aromatic carbocycles. The fourth-order valence-electron chi connectivity index (χ4n) is 3.51. The molecule has 2 saturated carbocycles. The Balaban J connectivity index is 2.11. The van der Waals surface area contributed by atoms with Gasteiger partial charge in [0.15, 0.2) is 0 Å². The van der Waals surface area contributed by atoms with Crippen LogP contribution in [0.25, 0.3) is 0 Å². The molecule has 0 N–H and O–H groups in total. The molecule has 0 radical (unpaired) electrons. The molecule has 0 aromatic rings. The van der Waals surface area contributed by atoms with Crippen molar-refractivity contribution in [3.8, 4) is 0 Å². The topological polar surface area (TPSA) is 0 Å². The highest BCUT2D eigenvalue weighted by Gasteiger charge is 2.42. The minimum absolute atomic E-state index is 0.762. The lowest BCUT2D eigenvalue weighted by Crippen LogP contribution is -2.25. The van der Waals surface area contributed by atoms with E-state index in [-0.39, 0.29) is 0 Å². The van der Waals surface area contributed by atoms with Gasteiger partial charge in [-0.2, -0.15) is 0 Å². The van der Waals surface area contributed by atoms with Crippen LogP contribution < -0.4 is 0 Å². The minimum Gasteiger partial charge on any atom is -0.0625 e. The number of rotatable bonds is 0. The molecule has 0 aromatic heterocycles. The van der Waals surface area contributed by atoms with Crippen molar-refractivity contribution >= 4 is 0 Å². The molecule has 3 unspecified atom stereocenters. The number of hydrogen-bond donors (Lipinski definition) is 0. The Morgan fingerprint density at radius 3 is 2.82 bits per heavy atom. The normalized spacial score (nSPS) is 50.7. The van der Waals surface area contributed by atoms with Gasteiger partial charge in [0.1, 0.15) is 0 Å². The van der Waals surface area contributed by atoms with Gasteiger partial charge in [0, 0.05) is 0 Å². The third kappa shape index (κ3) is 1.21. The van der Waals surface area contributed by atoms with E-state index in [1.807, 2.05) is 0 Å². The van der Waals surface area contributed by atoms with Gasteiger partial charge in [-0.05, 0) is 42.9 Å². The second kappa shape index (κ2) is 2.50. The Kier molecular flexibility index (Phi) is 1.74. The highest BCUT2D eigenvalue weighted by molar-refractivity contribution is 4.93. The van der Waals surface area contributed by atoms with Crippen molar-refractivity contribution in [3.05, 3.63) is 0 Å². The summed E-state index contributed by atoms with van der Waals surface area (Å²) in [5, 5.41) is 0. The summed E-state index contributed by atoms with van der Waals surface area (Å²) in [6.07, 6.45) is 9.09. The lowest BCUT2D eigenvalue weighted by Gasteiger charge is -2.36. The average Bonchev–Trinajstić information content (AvgIpc) is 2.22. The van der Waals surface area contributed by atoms with Crippen LogP contribution in [0.4, 0.5) is 0 Å². The summed E-state index contributed by atoms with van der Waals surface area (Å²) in [7, 11) is 0. The van der Waals surface area contributed by atoms with Crippen molar-refractivity contribution in [2.24, 2.45) is 17.3 Å². The number of fused-ring (bicyclic) bond motifs is 1. The van der Waals surface area contributed by atoms with Crippen LogP contribution >= 0.6 is 0 Å². The maximum atomic E-state index is 2.53. The highest BCUT2D eigenvalue weighted by Crippen LogP contribution is 2.53. The Hall–Kier alpha value is 0. The molecule has 0 saturated heterocycles. The third-order valence-corrected chi connectivity index (χ3v) is 4.04. The molecule has 0 aliphatic heterocycles. The van der Waals surface area contributed by atoms with Crippen molar-refractivity contribution in [2.45, 2.75) is 52.4 Å². The molecule has 0 nitrogen and oxygen atoms in total. The van der Waals surface area contributed by atoms with E-state index in [4.69, 9.17) is 0 Å². The van der Waals surface area contributed by atoms with Crippen LogP contribution in [0.1, 0.15) is 52.4 Å². The molecule has 2 aliphatic rings. The molecule has 0 spiro atoms. The first-order valence-corrected chi connectivity index (χ1v) is 5.21. The zero-order valence-corrected chi connectivity index (χ0v) is 7.90. The second-order valence-electron chi connectivity index (χ2n) is 5.14. The molecule has 11 heavy (non-hydrogen) atoms. The molecular weight excluding hydrogens is 132 g/mol. The molecule has 0 heterocycles. The van der Waals surface area contributed by atoms with Crippen LogP contribution in [0.5, 0.6) is 0 Å². The predicted octanol–water partition coefficient (Wildman–Crippen LogP) is 3.61. The van der Waals surface area contributed by atoms with Crippen molar-refractivity contribution in [1.82, 2.24) is 0 Å². The molecule has 2 rings (SSSR count). The average molecular weight is 152 g/mol. The van der Waals surface area contributed by atoms with Gasteiger partial charge >= 0.3 is 0 Å². The van der Waals surface area contributed by atoms with E-state index in [1.54, 1.807) is 0 Å². The van der Waals surface area contributed by atoms with Gasteiger partial charge in [-0.3, -0.25) is 0 Å². The first kappa shape index (κ1) is 7.64. The van der Waals surface area contributed by atoms with Crippen LogP contribution in [0.2, 0.25) is 0 Å². The van der Waals surface area contributed by atoms with E-state index in [0.29, 0.717) is 0 Å². The van der Waals surface area contributed by atoms with E-state index in [9.17, 15) is 0 Å². The summed E-state index contributed by atoms with van der Waals surface area (Å²) in [5.41, 5.74) is 0.762. The summed E-state index contributed by atoms with van der Waals surface area (Å²) in [4.78, 5) is 0. The van der Waals surface area contributed by atoms with Crippen molar-refractivity contribution in [1.29, 1.82) is 0 Å². The molecular formula is C11H20. The monoisotopic (exact) mass is 152 g/mol. The van der Waals surface area contributed by atoms with Gasteiger partial charge in [0.2, 0.25) is 0 Å². The largest absolute Gasteiger partial charge is 0.0625 e. The Bertz CT molecular complexity index is 150. The first-order chi connectivity index (χ1) is 5.21. The third-order valence-electron chi connectivity index (χ3n) is 4.04. The van der Waals surface area contributed by atoms with Crippen LogP contribution in [-0.2, 0) is 0 Å². The molecule has 64 valence electrons. The second-order valence-corrected chi connectivity index (χ2v) is 5.14. The van der Waals surface area contributed by atoms with Gasteiger partial charge in [-0.1, -0.05) is 26.7 Å². The summed E-state index contributed by atoms with van der Waals surface area (Å²) in [5.74, 6) is 2.11. The molecule has 0 bridgehead atoms. The van der Waals surface area contributed by atoms with Crippen molar-refractivity contribution < 1.29 is 0 Å². The zero-order chi connectivity index (χ0) is 7.90. The maximum absolute atomic E-state index is 2.53. The highest BCUT2D eigenvalue weighted by atomic mass is 14.5. The lowest BCUT2D eigenvalue weighted by atomic mass is 9.70. The summed E-state index contributed by atoms with van der Waals surface area (Å²) >= 11 is 0. The Labute approximate surface area is 70.4 Å². The van der Waals surface area contributed by atoms with E-state index in [0.717, 1.165) is 17.3 Å². The SMILES string of the molecule is CC1CC2CCCCC2(C)C1. The van der Waals surface area contributed by atoms with Gasteiger partial charge in [0.05, 0.1) is 0 Å². The standard InChI is InChI=1S/C11H20/c1-9-7-10-5-3-4-6-11(10,2)8-9/h9-10H,3-8H2,1-2H3. The van der Waals surface area contributed by atoms with Gasteiger partial charge < -0.3 is 0 Å². The zero-order valence-electron chi connectivity index (χ0n) is 7.90. The fraction of sp³-hybridized carbons (Fsp3) is 1.00. The van der Waals surface area contributed by atoms with Crippen LogP contribution in [-0.4, -0.2) is 0 Å². The van der Waals surface area contributed by atoms with Crippen LogP contribution in [0.15, 0.2) is 0 Å². The van der Waals surface area contributed by atoms with E-state index in [1.165, 1.54) is 38.5 Å². The Morgan fingerprint density at radius 1 is 1.27 bits per heavy atom. The van der Waals surface area contributed by atoms with Gasteiger partial charge in [0.25, 0.3) is 0 Å². The summed E-state index contributed by atoms with van der Waals surface area (Å²) < 4.78 is 0. The summed E-state index contributed by atoms with van der Waals surface area (Å²) in [6.45, 7) is 4.96. The van der Waals surface area contributed by atoms with E-state index >= 15 is 0 Å². The van der Waals surface area contributed by atoms with Crippen LogP contribution in [0, 0.1) is 17.3 Å². The van der Waals surface area contributed by atoms with Crippen molar-refractivity contribution in [3.63, 3.8) is 0 Å². The quantitative estimate of drug-likeness (QED) is 0.497. The lowest BCUT2D eigenvalue weighted by molar-refractivity contribution is 0.152. The predicted molar refractivity (Wildman–Crippen MR) is 48.5 cm³/mol. The van der Waals surface area contributed by atoms with E-state index < -0.39 is 0 Å². The molecule has 2 fully saturated rings. The minimum atomic E-state index is 0.762.